The molecule has 1 aliphatic heterocycles. The van der Waals surface area contributed by atoms with Crippen LogP contribution in [0.4, 0.5) is 11.6 Å². The maximum atomic E-state index is 12.6. The van der Waals surface area contributed by atoms with Crippen LogP contribution in [0.25, 0.3) is 10.9 Å². The Bertz CT molecular complexity index is 1030. The SMILES string of the molecule is Cc1ccc(C)c(NC(=O)CSc2nc(N3CCCCC3)nc3ccccc23)c1. The highest BCUT2D eigenvalue weighted by Crippen LogP contribution is 2.29. The van der Waals surface area contributed by atoms with Crippen molar-refractivity contribution in [1.82, 2.24) is 9.97 Å². The van der Waals surface area contributed by atoms with Gasteiger partial charge >= 0.3 is 0 Å². The summed E-state index contributed by atoms with van der Waals surface area (Å²) in [6, 6.07) is 14.1. The Balaban J connectivity index is 1.53. The molecule has 5 nitrogen and oxygen atoms in total. The first-order valence-electron chi connectivity index (χ1n) is 10.1. The quantitative estimate of drug-likeness (QED) is 0.479. The van der Waals surface area contributed by atoms with Crippen LogP contribution in [0.3, 0.4) is 0 Å². The number of thioether (sulfide) groups is 1. The highest BCUT2D eigenvalue weighted by atomic mass is 32.2. The lowest BCUT2D eigenvalue weighted by Crippen LogP contribution is -2.31. The molecule has 0 atom stereocenters. The monoisotopic (exact) mass is 406 g/mol. The molecule has 0 radical (unpaired) electrons. The number of carbonyl (C=O) groups is 1. The second-order valence-corrected chi connectivity index (χ2v) is 8.51. The van der Waals surface area contributed by atoms with E-state index in [1.165, 1.54) is 31.0 Å². The van der Waals surface area contributed by atoms with E-state index in [0.717, 1.165) is 51.8 Å². The first kappa shape index (κ1) is 19.7. The molecule has 1 fully saturated rings. The molecule has 0 aliphatic carbocycles. The third kappa shape index (κ3) is 4.70. The van der Waals surface area contributed by atoms with Crippen molar-refractivity contribution in [3.05, 3.63) is 53.6 Å². The second-order valence-electron chi connectivity index (χ2n) is 7.55. The number of piperidine rings is 1. The number of aromatic nitrogens is 2. The maximum absolute atomic E-state index is 12.6. The fourth-order valence-electron chi connectivity index (χ4n) is 3.57. The number of carbonyl (C=O) groups excluding carboxylic acids is 1. The van der Waals surface area contributed by atoms with Crippen molar-refractivity contribution in [2.75, 3.05) is 29.1 Å². The zero-order valence-corrected chi connectivity index (χ0v) is 17.8. The zero-order chi connectivity index (χ0) is 20.2. The number of para-hydroxylation sites is 1. The number of rotatable bonds is 5. The molecular formula is C23H26N4OS. The summed E-state index contributed by atoms with van der Waals surface area (Å²) in [7, 11) is 0. The van der Waals surface area contributed by atoms with Crippen molar-refractivity contribution in [3.63, 3.8) is 0 Å². The molecule has 0 bridgehead atoms. The van der Waals surface area contributed by atoms with E-state index in [0.29, 0.717) is 5.75 Å². The van der Waals surface area contributed by atoms with Crippen LogP contribution in [0.15, 0.2) is 47.5 Å². The van der Waals surface area contributed by atoms with Gasteiger partial charge in [0.2, 0.25) is 11.9 Å². The van der Waals surface area contributed by atoms with Crippen LogP contribution in [0, 0.1) is 13.8 Å². The van der Waals surface area contributed by atoms with Crippen LogP contribution in [0.1, 0.15) is 30.4 Å². The minimum Gasteiger partial charge on any atom is -0.341 e. The fraction of sp³-hybridized carbons (Fsp3) is 0.348. The molecule has 1 aliphatic rings. The number of amides is 1. The molecule has 0 spiro atoms. The summed E-state index contributed by atoms with van der Waals surface area (Å²) in [5.74, 6) is 1.07. The summed E-state index contributed by atoms with van der Waals surface area (Å²) in [4.78, 5) is 24.5. The van der Waals surface area contributed by atoms with Crippen molar-refractivity contribution in [3.8, 4) is 0 Å². The molecule has 1 N–H and O–H groups in total. The Labute approximate surface area is 175 Å². The van der Waals surface area contributed by atoms with Gasteiger partial charge in [-0.25, -0.2) is 9.97 Å². The largest absolute Gasteiger partial charge is 0.341 e. The zero-order valence-electron chi connectivity index (χ0n) is 16.9. The van der Waals surface area contributed by atoms with E-state index in [-0.39, 0.29) is 5.91 Å². The highest BCUT2D eigenvalue weighted by molar-refractivity contribution is 8.00. The average molecular weight is 407 g/mol. The minimum absolute atomic E-state index is 0.0223. The molecule has 0 unspecified atom stereocenters. The van der Waals surface area contributed by atoms with Crippen LogP contribution in [0.5, 0.6) is 0 Å². The van der Waals surface area contributed by atoms with E-state index < -0.39 is 0 Å². The predicted octanol–water partition coefficient (Wildman–Crippen LogP) is 4.97. The number of aryl methyl sites for hydroxylation is 2. The fourth-order valence-corrected chi connectivity index (χ4v) is 4.39. The topological polar surface area (TPSA) is 58.1 Å². The summed E-state index contributed by atoms with van der Waals surface area (Å²) in [5, 5.41) is 4.90. The van der Waals surface area contributed by atoms with Gasteiger partial charge in [0.25, 0.3) is 0 Å². The van der Waals surface area contributed by atoms with Gasteiger partial charge in [0.1, 0.15) is 5.03 Å². The predicted molar refractivity (Wildman–Crippen MR) is 121 cm³/mol. The summed E-state index contributed by atoms with van der Waals surface area (Å²) >= 11 is 1.48. The summed E-state index contributed by atoms with van der Waals surface area (Å²) in [5.41, 5.74) is 4.00. The Morgan fingerprint density at radius 1 is 1.07 bits per heavy atom. The second kappa shape index (κ2) is 8.82. The van der Waals surface area contributed by atoms with Gasteiger partial charge < -0.3 is 10.2 Å². The van der Waals surface area contributed by atoms with Gasteiger partial charge in [-0.15, -0.1) is 0 Å². The number of nitrogens with zero attached hydrogens (tertiary/aromatic N) is 3. The standard InChI is InChI=1S/C23H26N4OS/c1-16-10-11-17(2)20(14-16)24-21(28)15-29-22-18-8-4-5-9-19(18)25-23(26-22)27-12-6-3-7-13-27/h4-5,8-11,14H,3,6-7,12-13,15H2,1-2H3,(H,24,28). The van der Waals surface area contributed by atoms with Crippen molar-refractivity contribution < 1.29 is 4.79 Å². The molecule has 2 aromatic carbocycles. The van der Waals surface area contributed by atoms with Gasteiger partial charge in [-0.3, -0.25) is 4.79 Å². The molecule has 29 heavy (non-hydrogen) atoms. The molecule has 1 amide bonds. The van der Waals surface area contributed by atoms with Crippen LogP contribution in [0.2, 0.25) is 0 Å². The van der Waals surface area contributed by atoms with Crippen molar-refractivity contribution in [2.45, 2.75) is 38.1 Å². The molecule has 4 rings (SSSR count). The summed E-state index contributed by atoms with van der Waals surface area (Å²) in [6.07, 6.45) is 3.62. The van der Waals surface area contributed by atoms with Crippen LogP contribution in [-0.2, 0) is 4.79 Å². The Hall–Kier alpha value is -2.60. The number of nitrogens with one attached hydrogen (secondary N) is 1. The number of hydrogen-bond acceptors (Lipinski definition) is 5. The normalized spacial score (nSPS) is 14.2. The lowest BCUT2D eigenvalue weighted by molar-refractivity contribution is -0.113. The molecule has 1 aromatic heterocycles. The van der Waals surface area contributed by atoms with Crippen LogP contribution < -0.4 is 10.2 Å². The van der Waals surface area contributed by atoms with E-state index in [4.69, 9.17) is 9.97 Å². The first-order chi connectivity index (χ1) is 14.1. The smallest absolute Gasteiger partial charge is 0.234 e. The molecule has 6 heteroatoms. The molecule has 3 aromatic rings. The first-order valence-corrected chi connectivity index (χ1v) is 11.1. The summed E-state index contributed by atoms with van der Waals surface area (Å²) in [6.45, 7) is 6.02. The van der Waals surface area contributed by atoms with E-state index in [2.05, 4.69) is 16.3 Å². The van der Waals surface area contributed by atoms with E-state index >= 15 is 0 Å². The Morgan fingerprint density at radius 3 is 2.69 bits per heavy atom. The average Bonchev–Trinajstić information content (AvgIpc) is 2.75. The molecule has 2 heterocycles. The lowest BCUT2D eigenvalue weighted by atomic mass is 10.1. The summed E-state index contributed by atoms with van der Waals surface area (Å²) < 4.78 is 0. The van der Waals surface area contributed by atoms with Gasteiger partial charge in [-0.2, -0.15) is 0 Å². The molecular weight excluding hydrogens is 380 g/mol. The van der Waals surface area contributed by atoms with Gasteiger partial charge in [-0.05, 0) is 56.4 Å². The Morgan fingerprint density at radius 2 is 1.86 bits per heavy atom. The van der Waals surface area contributed by atoms with Crippen LogP contribution in [-0.4, -0.2) is 34.7 Å². The third-order valence-corrected chi connectivity index (χ3v) is 6.19. The van der Waals surface area contributed by atoms with Gasteiger partial charge in [0.15, 0.2) is 0 Å². The Kier molecular flexibility index (Phi) is 6.00. The van der Waals surface area contributed by atoms with Crippen molar-refractivity contribution in [2.24, 2.45) is 0 Å². The minimum atomic E-state index is -0.0223. The van der Waals surface area contributed by atoms with Gasteiger partial charge in [-0.1, -0.05) is 42.1 Å². The van der Waals surface area contributed by atoms with Crippen molar-refractivity contribution >= 4 is 40.2 Å². The number of hydrogen-bond donors (Lipinski definition) is 1. The van der Waals surface area contributed by atoms with Gasteiger partial charge in [0.05, 0.1) is 11.3 Å². The maximum Gasteiger partial charge on any atom is 0.234 e. The van der Waals surface area contributed by atoms with E-state index in [9.17, 15) is 4.79 Å². The molecule has 1 saturated heterocycles. The molecule has 0 saturated carbocycles. The van der Waals surface area contributed by atoms with E-state index in [1.807, 2.05) is 50.2 Å². The number of benzene rings is 2. The van der Waals surface area contributed by atoms with Crippen LogP contribution >= 0.6 is 11.8 Å². The third-order valence-electron chi connectivity index (χ3n) is 5.20. The van der Waals surface area contributed by atoms with Crippen molar-refractivity contribution in [1.29, 1.82) is 0 Å². The highest BCUT2D eigenvalue weighted by Gasteiger charge is 2.17. The lowest BCUT2D eigenvalue weighted by Gasteiger charge is -2.27. The molecule has 150 valence electrons. The number of anilines is 2. The van der Waals surface area contributed by atoms with E-state index in [1.54, 1.807) is 0 Å². The van der Waals surface area contributed by atoms with Gasteiger partial charge in [0, 0.05) is 24.2 Å². The number of fused-ring (bicyclic) bond motifs is 1.